The zero-order valence-electron chi connectivity index (χ0n) is 20.7. The van der Waals surface area contributed by atoms with E-state index in [0.717, 1.165) is 17.0 Å². The van der Waals surface area contributed by atoms with Crippen LogP contribution in [0.15, 0.2) is 64.6 Å². The smallest absolute Gasteiger partial charge is 0.507 e. The third-order valence-corrected chi connectivity index (χ3v) is 5.62. The second-order valence-corrected chi connectivity index (χ2v) is 8.19. The molecule has 1 N–H and O–H groups in total. The molecule has 1 fully saturated rings. The molecule has 38 heavy (non-hydrogen) atoms. The van der Waals surface area contributed by atoms with Crippen molar-refractivity contribution >= 4 is 23.1 Å². The molecule has 0 bridgehead atoms. The number of carbonyl (C=O) groups is 2. The number of amides is 1. The van der Waals surface area contributed by atoms with Gasteiger partial charge < -0.3 is 23.7 Å². The van der Waals surface area contributed by atoms with Gasteiger partial charge in [-0.3, -0.25) is 14.5 Å². The summed E-state index contributed by atoms with van der Waals surface area (Å²) < 4.78 is 59.4. The molecule has 0 saturated carbocycles. The van der Waals surface area contributed by atoms with Crippen LogP contribution in [-0.2, 0) is 9.59 Å². The highest BCUT2D eigenvalue weighted by molar-refractivity contribution is 6.51. The maximum Gasteiger partial charge on any atom is 0.573 e. The summed E-state index contributed by atoms with van der Waals surface area (Å²) in [5, 5.41) is 11.4. The van der Waals surface area contributed by atoms with E-state index in [-0.39, 0.29) is 34.9 Å². The first kappa shape index (κ1) is 26.6. The molecule has 1 atom stereocenters. The summed E-state index contributed by atoms with van der Waals surface area (Å²) >= 11 is 0. The molecule has 1 aliphatic heterocycles. The first-order valence-corrected chi connectivity index (χ1v) is 11.7. The Labute approximate surface area is 215 Å². The number of anilines is 1. The number of nitrogens with zero attached hydrogens (tertiary/aromatic N) is 1. The average Bonchev–Trinajstić information content (AvgIpc) is 3.39. The third kappa shape index (κ3) is 5.31. The van der Waals surface area contributed by atoms with Crippen molar-refractivity contribution in [3.63, 3.8) is 0 Å². The quantitative estimate of drug-likeness (QED) is 0.219. The molecule has 1 aliphatic rings. The van der Waals surface area contributed by atoms with Crippen LogP contribution in [0.4, 0.5) is 18.9 Å². The van der Waals surface area contributed by atoms with E-state index in [1.165, 1.54) is 24.3 Å². The molecule has 1 aromatic heterocycles. The monoisotopic (exact) mass is 531 g/mol. The number of ketones is 1. The maximum atomic E-state index is 13.3. The van der Waals surface area contributed by atoms with E-state index in [1.807, 2.05) is 0 Å². The number of aliphatic hydroxyl groups is 1. The van der Waals surface area contributed by atoms with Crippen LogP contribution in [-0.4, -0.2) is 36.4 Å². The van der Waals surface area contributed by atoms with Gasteiger partial charge in [-0.25, -0.2) is 0 Å². The number of hydrogen-bond donors (Lipinski definition) is 1. The molecule has 1 unspecified atom stereocenters. The Morgan fingerprint density at radius 1 is 1.00 bits per heavy atom. The number of benzene rings is 2. The molecular weight excluding hydrogens is 507 g/mol. The van der Waals surface area contributed by atoms with Gasteiger partial charge in [0.15, 0.2) is 0 Å². The first-order chi connectivity index (χ1) is 18.0. The molecule has 0 aliphatic carbocycles. The van der Waals surface area contributed by atoms with E-state index in [9.17, 15) is 27.9 Å². The number of rotatable bonds is 8. The maximum absolute atomic E-state index is 13.3. The van der Waals surface area contributed by atoms with Crippen LogP contribution >= 0.6 is 0 Å². The van der Waals surface area contributed by atoms with Crippen molar-refractivity contribution in [2.75, 3.05) is 18.1 Å². The number of aryl methyl sites for hydroxylation is 1. The van der Waals surface area contributed by atoms with Crippen molar-refractivity contribution in [2.24, 2.45) is 0 Å². The van der Waals surface area contributed by atoms with Gasteiger partial charge in [0.05, 0.1) is 24.4 Å². The molecule has 4 rings (SSSR count). The van der Waals surface area contributed by atoms with Crippen LogP contribution in [0.1, 0.15) is 37.0 Å². The van der Waals surface area contributed by atoms with Crippen molar-refractivity contribution < 1.29 is 46.5 Å². The number of halogens is 3. The molecule has 200 valence electrons. The first-order valence-electron chi connectivity index (χ1n) is 11.7. The number of hydrogen-bond acceptors (Lipinski definition) is 7. The molecule has 2 aromatic carbocycles. The minimum atomic E-state index is -4.96. The minimum Gasteiger partial charge on any atom is -0.507 e. The van der Waals surface area contributed by atoms with E-state index in [2.05, 4.69) is 4.74 Å². The Hall–Kier alpha value is -4.41. The van der Waals surface area contributed by atoms with Crippen molar-refractivity contribution in [1.82, 2.24) is 0 Å². The van der Waals surface area contributed by atoms with E-state index in [4.69, 9.17) is 13.9 Å². The normalized spacial score (nSPS) is 17.1. The largest absolute Gasteiger partial charge is 0.573 e. The Bertz CT molecular complexity index is 1390. The van der Waals surface area contributed by atoms with E-state index >= 15 is 0 Å². The summed E-state index contributed by atoms with van der Waals surface area (Å²) in [6, 6.07) is 11.1. The average molecular weight is 531 g/mol. The summed E-state index contributed by atoms with van der Waals surface area (Å²) in [7, 11) is 0. The lowest BCUT2D eigenvalue weighted by atomic mass is 9.98. The molecule has 3 aromatic rings. The van der Waals surface area contributed by atoms with Crippen molar-refractivity contribution in [3.05, 3.63) is 77.3 Å². The highest BCUT2D eigenvalue weighted by Crippen LogP contribution is 2.45. The zero-order chi connectivity index (χ0) is 27.6. The summed E-state index contributed by atoms with van der Waals surface area (Å²) in [4.78, 5) is 27.5. The second-order valence-electron chi connectivity index (χ2n) is 8.19. The zero-order valence-corrected chi connectivity index (χ0v) is 20.7. The fraction of sp³-hybridized carbons (Fsp3) is 0.259. The van der Waals surface area contributed by atoms with Gasteiger partial charge in [0, 0.05) is 17.8 Å². The fourth-order valence-electron chi connectivity index (χ4n) is 4.17. The SMILES string of the molecule is CCOc1ccc(/C(O)=C2/C(=O)C(=O)N(c3cccc(OC(F)(F)F)c3)C2c2ccc(C)o2)c(OCC)c1. The van der Waals surface area contributed by atoms with Gasteiger partial charge in [0.2, 0.25) is 0 Å². The lowest BCUT2D eigenvalue weighted by Crippen LogP contribution is -2.29. The third-order valence-electron chi connectivity index (χ3n) is 5.62. The number of ether oxygens (including phenoxy) is 3. The highest BCUT2D eigenvalue weighted by Gasteiger charge is 2.49. The lowest BCUT2D eigenvalue weighted by Gasteiger charge is -2.24. The Balaban J connectivity index is 1.90. The van der Waals surface area contributed by atoms with Gasteiger partial charge in [0.25, 0.3) is 11.7 Å². The molecule has 1 amide bonds. The van der Waals surface area contributed by atoms with Crippen LogP contribution < -0.4 is 19.1 Å². The summed E-state index contributed by atoms with van der Waals surface area (Å²) in [6.07, 6.45) is -4.96. The number of Topliss-reactive ketones (excluding diaryl/α,β-unsaturated/α-hetero) is 1. The summed E-state index contributed by atoms with van der Waals surface area (Å²) in [5.74, 6) is -2.01. The minimum absolute atomic E-state index is 0.0660. The number of alkyl halides is 3. The van der Waals surface area contributed by atoms with Crippen LogP contribution in [0.3, 0.4) is 0 Å². The van der Waals surface area contributed by atoms with E-state index in [1.54, 1.807) is 39.0 Å². The topological polar surface area (TPSA) is 98.4 Å². The lowest BCUT2D eigenvalue weighted by molar-refractivity contribution is -0.274. The van der Waals surface area contributed by atoms with Crippen molar-refractivity contribution in [3.8, 4) is 17.2 Å². The molecular formula is C27H24F3NO7. The molecule has 1 saturated heterocycles. The predicted octanol–water partition coefficient (Wildman–Crippen LogP) is 5.91. The Morgan fingerprint density at radius 2 is 1.74 bits per heavy atom. The second kappa shape index (κ2) is 10.5. The van der Waals surface area contributed by atoms with Gasteiger partial charge in [-0.15, -0.1) is 13.2 Å². The van der Waals surface area contributed by atoms with Crippen molar-refractivity contribution in [2.45, 2.75) is 33.2 Å². The fourth-order valence-corrected chi connectivity index (χ4v) is 4.17. The number of furan rings is 1. The van der Waals surface area contributed by atoms with Crippen LogP contribution in [0.5, 0.6) is 17.2 Å². The van der Waals surface area contributed by atoms with Crippen molar-refractivity contribution in [1.29, 1.82) is 0 Å². The van der Waals surface area contributed by atoms with Crippen LogP contribution in [0, 0.1) is 6.92 Å². The number of aliphatic hydroxyl groups excluding tert-OH is 1. The van der Waals surface area contributed by atoms with E-state index in [0.29, 0.717) is 18.1 Å². The molecule has 2 heterocycles. The summed E-state index contributed by atoms with van der Waals surface area (Å²) in [5.41, 5.74) is -0.268. The van der Waals surface area contributed by atoms with Crippen LogP contribution in [0.2, 0.25) is 0 Å². The van der Waals surface area contributed by atoms with Gasteiger partial charge in [0.1, 0.15) is 40.6 Å². The van der Waals surface area contributed by atoms with Crippen LogP contribution in [0.25, 0.3) is 5.76 Å². The van der Waals surface area contributed by atoms with Gasteiger partial charge in [-0.1, -0.05) is 6.07 Å². The Morgan fingerprint density at radius 3 is 2.37 bits per heavy atom. The Kier molecular flexibility index (Phi) is 7.38. The standard InChI is InChI=1S/C27H24F3NO7/c1-4-35-17-10-11-19(21(14-17)36-5-2)24(32)22-23(20-12-9-15(3)37-20)31(26(34)25(22)33)16-7-6-8-18(13-16)38-27(28,29)30/h6-14,23,32H,4-5H2,1-3H3/b24-22-. The predicted molar refractivity (Wildman–Crippen MR) is 130 cm³/mol. The van der Waals surface area contributed by atoms with Gasteiger partial charge in [-0.2, -0.15) is 0 Å². The number of carbonyl (C=O) groups excluding carboxylic acids is 2. The highest BCUT2D eigenvalue weighted by atomic mass is 19.4. The van der Waals surface area contributed by atoms with Gasteiger partial charge in [-0.05, 0) is 57.2 Å². The molecule has 0 spiro atoms. The molecule has 11 heteroatoms. The molecule has 0 radical (unpaired) electrons. The summed E-state index contributed by atoms with van der Waals surface area (Å²) in [6.45, 7) is 5.80. The molecule has 8 nitrogen and oxygen atoms in total. The van der Waals surface area contributed by atoms with Gasteiger partial charge >= 0.3 is 6.36 Å². The van der Waals surface area contributed by atoms with E-state index < -0.39 is 35.6 Å².